The van der Waals surface area contributed by atoms with Crippen molar-refractivity contribution in [1.82, 2.24) is 4.90 Å². The number of thiocarbonyl (C=S) groups is 1. The number of benzene rings is 1. The minimum atomic E-state index is -0.736. The van der Waals surface area contributed by atoms with Gasteiger partial charge in [-0.05, 0) is 50.7 Å². The van der Waals surface area contributed by atoms with E-state index in [2.05, 4.69) is 11.8 Å². The topological polar surface area (TPSA) is 60.5 Å². The fourth-order valence-electron chi connectivity index (χ4n) is 4.59. The fraction of sp³-hybridized carbons (Fsp3) is 0.636. The molecule has 1 amide bonds. The lowest BCUT2D eigenvalue weighted by Gasteiger charge is -2.45. The molecule has 7 nitrogen and oxygen atoms in total. The van der Waals surface area contributed by atoms with Crippen molar-refractivity contribution in [2.45, 2.75) is 76.5 Å². The third-order valence-corrected chi connectivity index (χ3v) is 6.62. The third-order valence-electron chi connectivity index (χ3n) is 5.97. The number of carbonyl (C=O) groups excluding carboxylic acids is 1. The summed E-state index contributed by atoms with van der Waals surface area (Å²) in [5.41, 5.74) is 0.670. The first-order chi connectivity index (χ1) is 14.8. The molecule has 0 saturated carbocycles. The van der Waals surface area contributed by atoms with E-state index in [1.807, 2.05) is 26.0 Å². The Labute approximate surface area is 193 Å². The fourth-order valence-corrected chi connectivity index (χ4v) is 5.21. The number of amides is 1. The number of methoxy groups -OCH3 is 1. The lowest BCUT2D eigenvalue weighted by molar-refractivity contribution is -0.222. The van der Waals surface area contributed by atoms with Crippen molar-refractivity contribution >= 4 is 40.5 Å². The molecule has 5 atom stereocenters. The zero-order valence-electron chi connectivity index (χ0n) is 18.2. The van der Waals surface area contributed by atoms with Crippen LogP contribution in [0.3, 0.4) is 0 Å². The van der Waals surface area contributed by atoms with Gasteiger partial charge in [0.25, 0.3) is 0 Å². The smallest absolute Gasteiger partial charge is 0.235 e. The van der Waals surface area contributed by atoms with E-state index in [-0.39, 0.29) is 30.6 Å². The van der Waals surface area contributed by atoms with Crippen molar-refractivity contribution < 1.29 is 23.7 Å². The van der Waals surface area contributed by atoms with Gasteiger partial charge in [0.1, 0.15) is 18.3 Å². The van der Waals surface area contributed by atoms with Crippen LogP contribution in [-0.4, -0.2) is 66.0 Å². The van der Waals surface area contributed by atoms with E-state index < -0.39 is 18.2 Å². The maximum atomic E-state index is 13.3. The molecule has 3 saturated heterocycles. The first kappa shape index (κ1) is 22.9. The number of halogens is 1. The second kappa shape index (κ2) is 8.92. The van der Waals surface area contributed by atoms with E-state index in [0.29, 0.717) is 22.4 Å². The number of hydrogen-bond acceptors (Lipinski definition) is 6. The standard InChI is InChI=1S/C22H29ClN2O5S/c1-5-6-10-24-15(17-18(27-4)19-20(28-17)30-22(2,3)29-19)12-16(26)25(21(24)31)14-9-7-8-13(23)11-14/h7-9,11,15,17-20H,5-6,10,12H2,1-4H3/t15?,17-,18+,19-,20-/m1/s1. The second-order valence-corrected chi connectivity index (χ2v) is 9.38. The van der Waals surface area contributed by atoms with E-state index in [1.54, 1.807) is 24.1 Å². The first-order valence-corrected chi connectivity index (χ1v) is 11.5. The summed E-state index contributed by atoms with van der Waals surface area (Å²) in [6, 6.07) is 6.91. The van der Waals surface area contributed by atoms with Crippen LogP contribution in [0.5, 0.6) is 0 Å². The highest BCUT2D eigenvalue weighted by molar-refractivity contribution is 7.80. The van der Waals surface area contributed by atoms with Gasteiger partial charge in [-0.15, -0.1) is 0 Å². The van der Waals surface area contributed by atoms with Crippen LogP contribution in [0.15, 0.2) is 24.3 Å². The molecule has 31 heavy (non-hydrogen) atoms. The molecule has 1 aromatic carbocycles. The molecular formula is C22H29ClN2O5S. The normalized spacial score (nSPS) is 32.6. The SMILES string of the molecule is CCCCN1C(=S)N(c2cccc(Cl)c2)C(=O)CC1[C@H]1O[C@@H]2OC(C)(C)O[C@@H]2[C@H]1OC. The van der Waals surface area contributed by atoms with Gasteiger partial charge >= 0.3 is 0 Å². The van der Waals surface area contributed by atoms with Gasteiger partial charge in [-0.1, -0.05) is 31.0 Å². The Hall–Kier alpha value is -1.29. The van der Waals surface area contributed by atoms with Gasteiger partial charge in [-0.25, -0.2) is 0 Å². The Bertz CT molecular complexity index is 853. The van der Waals surface area contributed by atoms with Gasteiger partial charge in [0, 0.05) is 18.7 Å². The van der Waals surface area contributed by atoms with Crippen molar-refractivity contribution in [2.75, 3.05) is 18.6 Å². The van der Waals surface area contributed by atoms with Crippen LogP contribution < -0.4 is 4.90 Å². The molecule has 3 fully saturated rings. The Morgan fingerprint density at radius 3 is 2.74 bits per heavy atom. The van der Waals surface area contributed by atoms with Crippen LogP contribution in [-0.2, 0) is 23.7 Å². The minimum absolute atomic E-state index is 0.0947. The quantitative estimate of drug-likeness (QED) is 0.589. The average molecular weight is 469 g/mol. The highest BCUT2D eigenvalue weighted by Crippen LogP contribution is 2.42. The van der Waals surface area contributed by atoms with Crippen molar-refractivity contribution in [3.05, 3.63) is 29.3 Å². The predicted octanol–water partition coefficient (Wildman–Crippen LogP) is 3.72. The van der Waals surface area contributed by atoms with Gasteiger partial charge in [-0.3, -0.25) is 9.69 Å². The molecule has 0 radical (unpaired) electrons. The zero-order valence-corrected chi connectivity index (χ0v) is 19.8. The summed E-state index contributed by atoms with van der Waals surface area (Å²) in [5.74, 6) is -0.831. The predicted molar refractivity (Wildman–Crippen MR) is 121 cm³/mol. The largest absolute Gasteiger partial charge is 0.376 e. The summed E-state index contributed by atoms with van der Waals surface area (Å²) in [7, 11) is 1.63. The molecule has 170 valence electrons. The molecule has 0 spiro atoms. The zero-order chi connectivity index (χ0) is 22.3. The van der Waals surface area contributed by atoms with Crippen LogP contribution in [0.2, 0.25) is 5.02 Å². The van der Waals surface area contributed by atoms with Gasteiger partial charge in [0.15, 0.2) is 17.2 Å². The van der Waals surface area contributed by atoms with E-state index in [4.69, 9.17) is 42.8 Å². The highest BCUT2D eigenvalue weighted by atomic mass is 35.5. The Morgan fingerprint density at radius 1 is 1.29 bits per heavy atom. The molecule has 0 aliphatic carbocycles. The van der Waals surface area contributed by atoms with Crippen LogP contribution in [0.1, 0.15) is 40.0 Å². The van der Waals surface area contributed by atoms with Crippen molar-refractivity contribution in [1.29, 1.82) is 0 Å². The molecular weight excluding hydrogens is 440 g/mol. The van der Waals surface area contributed by atoms with Crippen LogP contribution in [0.25, 0.3) is 0 Å². The molecule has 3 aliphatic rings. The van der Waals surface area contributed by atoms with Crippen molar-refractivity contribution in [3.8, 4) is 0 Å². The lowest BCUT2D eigenvalue weighted by atomic mass is 9.96. The van der Waals surface area contributed by atoms with Crippen LogP contribution >= 0.6 is 23.8 Å². The van der Waals surface area contributed by atoms with Gasteiger partial charge in [0.2, 0.25) is 5.91 Å². The molecule has 9 heteroatoms. The number of hydrogen-bond donors (Lipinski definition) is 0. The Balaban J connectivity index is 1.62. The van der Waals surface area contributed by atoms with E-state index in [9.17, 15) is 4.79 Å². The molecule has 0 aromatic heterocycles. The average Bonchev–Trinajstić information content (AvgIpc) is 3.18. The van der Waals surface area contributed by atoms with Crippen LogP contribution in [0, 0.1) is 0 Å². The summed E-state index contributed by atoms with van der Waals surface area (Å²) in [6.07, 6.45) is 0.516. The number of carbonyl (C=O) groups is 1. The molecule has 3 heterocycles. The number of nitrogens with zero attached hydrogens (tertiary/aromatic N) is 2. The van der Waals surface area contributed by atoms with Gasteiger partial charge in [0.05, 0.1) is 18.2 Å². The number of anilines is 1. The van der Waals surface area contributed by atoms with Gasteiger partial charge < -0.3 is 23.8 Å². The van der Waals surface area contributed by atoms with E-state index >= 15 is 0 Å². The molecule has 4 rings (SSSR count). The lowest BCUT2D eigenvalue weighted by Crippen LogP contribution is -2.62. The summed E-state index contributed by atoms with van der Waals surface area (Å²) in [4.78, 5) is 16.9. The Kier molecular flexibility index (Phi) is 6.59. The maximum absolute atomic E-state index is 13.3. The van der Waals surface area contributed by atoms with Crippen LogP contribution in [0.4, 0.5) is 5.69 Å². The molecule has 0 bridgehead atoms. The molecule has 1 aromatic rings. The molecule has 1 unspecified atom stereocenters. The third kappa shape index (κ3) is 4.34. The Morgan fingerprint density at radius 2 is 2.06 bits per heavy atom. The van der Waals surface area contributed by atoms with E-state index in [1.165, 1.54) is 0 Å². The summed E-state index contributed by atoms with van der Waals surface area (Å²) in [5, 5.41) is 1.01. The summed E-state index contributed by atoms with van der Waals surface area (Å²) >= 11 is 12.0. The number of ether oxygens (including phenoxy) is 4. The van der Waals surface area contributed by atoms with E-state index in [0.717, 1.165) is 12.8 Å². The van der Waals surface area contributed by atoms with Crippen molar-refractivity contribution in [3.63, 3.8) is 0 Å². The minimum Gasteiger partial charge on any atom is -0.376 e. The maximum Gasteiger partial charge on any atom is 0.235 e. The second-order valence-electron chi connectivity index (χ2n) is 8.58. The van der Waals surface area contributed by atoms with Gasteiger partial charge in [-0.2, -0.15) is 0 Å². The number of fused-ring (bicyclic) bond motifs is 1. The first-order valence-electron chi connectivity index (χ1n) is 10.7. The molecule has 3 aliphatic heterocycles. The number of unbranched alkanes of at least 4 members (excludes halogenated alkanes) is 1. The summed E-state index contributed by atoms with van der Waals surface area (Å²) in [6.45, 7) is 6.54. The summed E-state index contributed by atoms with van der Waals surface area (Å²) < 4.78 is 24.0. The highest BCUT2D eigenvalue weighted by Gasteiger charge is 2.58. The monoisotopic (exact) mass is 468 g/mol. The molecule has 0 N–H and O–H groups in total. The van der Waals surface area contributed by atoms with Crippen molar-refractivity contribution in [2.24, 2.45) is 0 Å². The number of rotatable bonds is 6.